The number of nitrogens with zero attached hydrogens (tertiary/aromatic N) is 1. The van der Waals surface area contributed by atoms with Crippen molar-refractivity contribution in [2.24, 2.45) is 0 Å². The van der Waals surface area contributed by atoms with E-state index in [1.165, 1.54) is 4.90 Å². The van der Waals surface area contributed by atoms with Crippen molar-refractivity contribution in [2.75, 3.05) is 12.3 Å². The number of thiocarbonyl (C=S) groups is 1. The number of aliphatic carboxylic acids is 1. The Bertz CT molecular complexity index is 718. The van der Waals surface area contributed by atoms with Gasteiger partial charge in [-0.05, 0) is 32.1 Å². The van der Waals surface area contributed by atoms with Gasteiger partial charge in [0.15, 0.2) is 0 Å². The van der Waals surface area contributed by atoms with Gasteiger partial charge in [0.05, 0.1) is 17.1 Å². The Kier molecular flexibility index (Phi) is 8.53. The zero-order valence-electron chi connectivity index (χ0n) is 17.4. The summed E-state index contributed by atoms with van der Waals surface area (Å²) >= 11 is 7.00. The average Bonchev–Trinajstić information content (AvgIpc) is 3.37. The van der Waals surface area contributed by atoms with E-state index in [9.17, 15) is 24.3 Å². The summed E-state index contributed by atoms with van der Waals surface area (Å²) in [5.74, 6) is -0.321. The van der Waals surface area contributed by atoms with E-state index in [2.05, 4.69) is 16.0 Å². The molecule has 3 aliphatic rings. The molecule has 3 aliphatic heterocycles. The number of carboxylic acid groups (broad SMARTS) is 1. The Morgan fingerprint density at radius 2 is 2.00 bits per heavy atom. The van der Waals surface area contributed by atoms with Crippen LogP contribution < -0.4 is 16.0 Å². The Morgan fingerprint density at radius 3 is 2.71 bits per heavy atom. The number of nitrogens with one attached hydrogen (secondary N) is 3. The highest BCUT2D eigenvalue weighted by Gasteiger charge is 2.42. The van der Waals surface area contributed by atoms with Gasteiger partial charge in [-0.1, -0.05) is 18.6 Å². The molecule has 3 rings (SSSR count). The standard InChI is InChI=1S/C20H30N4O5S2/c25-15(7-2-1-6-14-18-12(11-31-14)22-20(29)23-18)21-10-4-3-5-13(19(27)28)24-16(26)8-9-17(24)30/h12-14,18H,1-11H2,(H,21,25)(H,27,28)(H2,22,23,29)/t12-,13?,14-,18-/m0/s1. The van der Waals surface area contributed by atoms with Crippen LogP contribution in [-0.4, -0.2) is 74.5 Å². The summed E-state index contributed by atoms with van der Waals surface area (Å²) in [7, 11) is 0. The Balaban J connectivity index is 1.24. The van der Waals surface area contributed by atoms with E-state index >= 15 is 0 Å². The van der Waals surface area contributed by atoms with Crippen LogP contribution in [0.4, 0.5) is 4.79 Å². The molecule has 0 saturated carbocycles. The third-order valence-corrected chi connectivity index (χ3v) is 7.90. The first-order chi connectivity index (χ1) is 14.9. The maximum absolute atomic E-state index is 12.0. The maximum Gasteiger partial charge on any atom is 0.326 e. The van der Waals surface area contributed by atoms with E-state index in [-0.39, 0.29) is 36.3 Å². The van der Waals surface area contributed by atoms with E-state index in [0.717, 1.165) is 25.0 Å². The zero-order valence-corrected chi connectivity index (χ0v) is 19.1. The van der Waals surface area contributed by atoms with Crippen LogP contribution in [0.3, 0.4) is 0 Å². The van der Waals surface area contributed by atoms with Gasteiger partial charge in [-0.3, -0.25) is 14.5 Å². The van der Waals surface area contributed by atoms with E-state index in [4.69, 9.17) is 12.2 Å². The van der Waals surface area contributed by atoms with E-state index < -0.39 is 12.0 Å². The zero-order chi connectivity index (χ0) is 22.4. The Labute approximate surface area is 191 Å². The highest BCUT2D eigenvalue weighted by molar-refractivity contribution is 8.00. The minimum Gasteiger partial charge on any atom is -0.480 e. The summed E-state index contributed by atoms with van der Waals surface area (Å²) in [5, 5.41) is 18.6. The highest BCUT2D eigenvalue weighted by atomic mass is 32.2. The first kappa shape index (κ1) is 23.8. The molecule has 0 aromatic carbocycles. The predicted octanol–water partition coefficient (Wildman–Crippen LogP) is 1.40. The number of fused-ring (bicyclic) bond motifs is 1. The SMILES string of the molecule is O=C(CCCC[C@@H]1SC[C@@H]2NC(=O)N[C@@H]21)NCCCCC(C(=O)O)N1C(=O)CCC1=S. The number of urea groups is 1. The van der Waals surface area contributed by atoms with Crippen LogP contribution in [0.25, 0.3) is 0 Å². The summed E-state index contributed by atoms with van der Waals surface area (Å²) in [5.41, 5.74) is 0. The van der Waals surface area contributed by atoms with Gasteiger partial charge in [-0.25, -0.2) is 9.59 Å². The topological polar surface area (TPSA) is 128 Å². The molecule has 0 spiro atoms. The van der Waals surface area contributed by atoms with Crippen LogP contribution >= 0.6 is 24.0 Å². The van der Waals surface area contributed by atoms with Gasteiger partial charge in [-0.2, -0.15) is 11.8 Å². The molecule has 1 unspecified atom stereocenters. The molecular weight excluding hydrogens is 440 g/mol. The molecule has 0 bridgehead atoms. The van der Waals surface area contributed by atoms with Crippen molar-refractivity contribution in [3.05, 3.63) is 0 Å². The number of hydrogen-bond acceptors (Lipinski definition) is 6. The fraction of sp³-hybridized carbons (Fsp3) is 0.750. The van der Waals surface area contributed by atoms with Gasteiger partial charge in [-0.15, -0.1) is 0 Å². The smallest absolute Gasteiger partial charge is 0.326 e. The van der Waals surface area contributed by atoms with Crippen LogP contribution in [0.1, 0.15) is 57.8 Å². The molecule has 4 N–H and O–H groups in total. The minimum atomic E-state index is -1.04. The van der Waals surface area contributed by atoms with Crippen LogP contribution in [0.15, 0.2) is 0 Å². The first-order valence-corrected chi connectivity index (χ1v) is 12.4. The molecule has 3 fully saturated rings. The molecule has 11 heteroatoms. The van der Waals surface area contributed by atoms with Crippen molar-refractivity contribution < 1.29 is 24.3 Å². The normalized spacial score (nSPS) is 25.9. The van der Waals surface area contributed by atoms with Gasteiger partial charge >= 0.3 is 12.0 Å². The summed E-state index contributed by atoms with van der Waals surface area (Å²) in [4.78, 5) is 48.5. The molecule has 3 saturated heterocycles. The minimum absolute atomic E-state index is 0.00142. The number of amides is 4. The van der Waals surface area contributed by atoms with Crippen molar-refractivity contribution in [2.45, 2.75) is 81.2 Å². The van der Waals surface area contributed by atoms with Gasteiger partial charge in [0.2, 0.25) is 11.8 Å². The van der Waals surface area contributed by atoms with Crippen molar-refractivity contribution >= 4 is 52.8 Å². The second-order valence-electron chi connectivity index (χ2n) is 8.22. The third kappa shape index (κ3) is 6.31. The van der Waals surface area contributed by atoms with Gasteiger partial charge in [0.25, 0.3) is 0 Å². The lowest BCUT2D eigenvalue weighted by atomic mass is 10.0. The molecule has 3 heterocycles. The molecule has 172 valence electrons. The van der Waals surface area contributed by atoms with Crippen molar-refractivity contribution in [3.8, 4) is 0 Å². The Morgan fingerprint density at radius 1 is 1.19 bits per heavy atom. The summed E-state index contributed by atoms with van der Waals surface area (Å²) in [6, 6.07) is -0.563. The summed E-state index contributed by atoms with van der Waals surface area (Å²) < 4.78 is 0. The van der Waals surface area contributed by atoms with Crippen molar-refractivity contribution in [1.29, 1.82) is 0 Å². The van der Waals surface area contributed by atoms with Gasteiger partial charge in [0.1, 0.15) is 6.04 Å². The average molecular weight is 471 g/mol. The molecule has 4 atom stereocenters. The largest absolute Gasteiger partial charge is 0.480 e. The molecule has 9 nitrogen and oxygen atoms in total. The predicted molar refractivity (Wildman–Crippen MR) is 121 cm³/mol. The lowest BCUT2D eigenvalue weighted by Crippen LogP contribution is -2.43. The lowest BCUT2D eigenvalue weighted by Gasteiger charge is -2.24. The number of carboxylic acids is 1. The second kappa shape index (κ2) is 11.1. The number of hydrogen-bond donors (Lipinski definition) is 4. The van der Waals surface area contributed by atoms with Crippen molar-refractivity contribution in [3.63, 3.8) is 0 Å². The number of carbonyl (C=O) groups excluding carboxylic acids is 3. The monoisotopic (exact) mass is 470 g/mol. The van der Waals surface area contributed by atoms with Crippen LogP contribution in [-0.2, 0) is 14.4 Å². The summed E-state index contributed by atoms with van der Waals surface area (Å²) in [6.45, 7) is 0.490. The van der Waals surface area contributed by atoms with Crippen LogP contribution in [0.5, 0.6) is 0 Å². The molecule has 0 radical (unpaired) electrons. The van der Waals surface area contributed by atoms with Crippen LogP contribution in [0, 0.1) is 0 Å². The molecular formula is C20H30N4O5S2. The molecule has 0 aliphatic carbocycles. The molecule has 0 aromatic heterocycles. The molecule has 0 aromatic rings. The molecule has 4 amide bonds. The van der Waals surface area contributed by atoms with Crippen LogP contribution in [0.2, 0.25) is 0 Å². The lowest BCUT2D eigenvalue weighted by molar-refractivity contribution is -0.146. The fourth-order valence-electron chi connectivity index (χ4n) is 4.36. The summed E-state index contributed by atoms with van der Waals surface area (Å²) in [6.07, 6.45) is 5.48. The maximum atomic E-state index is 12.0. The number of likely N-dealkylation sites (tertiary alicyclic amines) is 1. The van der Waals surface area contributed by atoms with Gasteiger partial charge in [0, 0.05) is 36.8 Å². The fourth-order valence-corrected chi connectivity index (χ4v) is 6.23. The Hall–Kier alpha value is -1.88. The van der Waals surface area contributed by atoms with Crippen molar-refractivity contribution in [1.82, 2.24) is 20.9 Å². The molecule has 31 heavy (non-hydrogen) atoms. The number of carbonyl (C=O) groups is 4. The number of rotatable bonds is 12. The first-order valence-electron chi connectivity index (χ1n) is 10.9. The number of unbranched alkanes of at least 4 members (excludes halogenated alkanes) is 2. The van der Waals surface area contributed by atoms with E-state index in [1.807, 2.05) is 11.8 Å². The third-order valence-electron chi connectivity index (χ3n) is 5.99. The van der Waals surface area contributed by atoms with Gasteiger partial charge < -0.3 is 21.1 Å². The second-order valence-corrected chi connectivity index (χ2v) is 9.97. The highest BCUT2D eigenvalue weighted by Crippen LogP contribution is 2.33. The van der Waals surface area contributed by atoms with E-state index in [0.29, 0.717) is 48.9 Å². The quantitative estimate of drug-likeness (QED) is 0.193. The number of thioether (sulfide) groups is 1. The van der Waals surface area contributed by atoms with E-state index in [1.54, 1.807) is 0 Å².